The van der Waals surface area contributed by atoms with Gasteiger partial charge in [0.15, 0.2) is 39.3 Å². The number of rotatable bonds is 16. The molecular formula is C68H69Br3ClN3O14S4. The normalized spacial score (nSPS) is 16.4. The summed E-state index contributed by atoms with van der Waals surface area (Å²) in [6, 6.07) is 32.7. The molecule has 0 aliphatic heterocycles. The van der Waals surface area contributed by atoms with E-state index >= 15 is 0 Å². The fourth-order valence-corrected chi connectivity index (χ4v) is 18.9. The number of aryl methyl sites for hydroxylation is 3. The highest BCUT2D eigenvalue weighted by Crippen LogP contribution is 2.48. The Morgan fingerprint density at radius 2 is 0.763 bits per heavy atom. The molecule has 3 aliphatic carbocycles. The van der Waals surface area contributed by atoms with E-state index in [4.69, 9.17) is 11.6 Å². The van der Waals surface area contributed by atoms with Gasteiger partial charge in [-0.25, -0.2) is 33.7 Å². The molecule has 3 N–H and O–H groups in total. The highest BCUT2D eigenvalue weighted by atomic mass is 79.9. The van der Waals surface area contributed by atoms with Gasteiger partial charge in [-0.1, -0.05) is 80.9 Å². The third-order valence-corrected chi connectivity index (χ3v) is 24.2. The molecule has 0 saturated carbocycles. The third-order valence-electron chi connectivity index (χ3n) is 17.7. The Kier molecular flexibility index (Phi) is 19.8. The Hall–Kier alpha value is -6.12. The van der Waals surface area contributed by atoms with Gasteiger partial charge in [0, 0.05) is 114 Å². The van der Waals surface area contributed by atoms with E-state index in [-0.39, 0.29) is 62.0 Å². The number of sulfone groups is 4. The van der Waals surface area contributed by atoms with E-state index in [2.05, 4.69) is 102 Å². The highest BCUT2D eigenvalue weighted by Gasteiger charge is 2.36. The van der Waals surface area contributed by atoms with Gasteiger partial charge in [0.05, 0.1) is 55.4 Å². The molecule has 3 unspecified atom stereocenters. The van der Waals surface area contributed by atoms with Crippen LogP contribution in [0.3, 0.4) is 0 Å². The third kappa shape index (κ3) is 15.0. The number of hydrogen-bond donors (Lipinski definition) is 3. The van der Waals surface area contributed by atoms with E-state index in [9.17, 15) is 63.4 Å². The topological polar surface area (TPSA) is 263 Å². The van der Waals surface area contributed by atoms with Gasteiger partial charge in [0.2, 0.25) is 0 Å². The molecule has 9 aromatic rings. The predicted molar refractivity (Wildman–Crippen MR) is 372 cm³/mol. The Labute approximate surface area is 571 Å². The second-order valence-corrected chi connectivity index (χ2v) is 36.6. The van der Waals surface area contributed by atoms with Gasteiger partial charge in [-0.3, -0.25) is 14.4 Å². The quantitative estimate of drug-likeness (QED) is 0.0812. The predicted octanol–water partition coefficient (Wildman–Crippen LogP) is 14.4. The maximum atomic E-state index is 12.2. The van der Waals surface area contributed by atoms with Crippen LogP contribution in [0.4, 0.5) is 0 Å². The van der Waals surface area contributed by atoms with Crippen LogP contribution in [-0.4, -0.2) is 106 Å². The summed E-state index contributed by atoms with van der Waals surface area (Å²) < 4.78 is 105. The van der Waals surface area contributed by atoms with Crippen molar-refractivity contribution in [1.82, 2.24) is 13.7 Å². The van der Waals surface area contributed by atoms with Crippen molar-refractivity contribution in [1.29, 1.82) is 0 Å². The van der Waals surface area contributed by atoms with Crippen molar-refractivity contribution in [3.05, 3.63) is 184 Å². The molecule has 0 spiro atoms. The van der Waals surface area contributed by atoms with Crippen molar-refractivity contribution in [3.8, 4) is 0 Å². The summed E-state index contributed by atoms with van der Waals surface area (Å²) in [6.07, 6.45) is 9.16. The van der Waals surface area contributed by atoms with Crippen LogP contribution < -0.4 is 0 Å². The zero-order valence-corrected chi connectivity index (χ0v) is 60.7. The van der Waals surface area contributed by atoms with Crippen LogP contribution in [0.5, 0.6) is 0 Å². The van der Waals surface area contributed by atoms with Crippen LogP contribution in [0.25, 0.3) is 32.7 Å². The average Bonchev–Trinajstić information content (AvgIpc) is 1.60. The molecule has 3 aliphatic rings. The van der Waals surface area contributed by atoms with Crippen molar-refractivity contribution < 1.29 is 63.4 Å². The summed E-state index contributed by atoms with van der Waals surface area (Å²) in [5.74, 6) is -2.91. The van der Waals surface area contributed by atoms with E-state index in [1.165, 1.54) is 18.1 Å². The highest BCUT2D eigenvalue weighted by molar-refractivity contribution is 9.11. The van der Waals surface area contributed by atoms with Gasteiger partial charge in [0.1, 0.15) is 0 Å². The lowest BCUT2D eigenvalue weighted by atomic mass is 9.87. The van der Waals surface area contributed by atoms with Crippen molar-refractivity contribution in [3.63, 3.8) is 0 Å². The van der Waals surface area contributed by atoms with Crippen LogP contribution in [0, 0.1) is 0 Å². The molecule has 492 valence electrons. The minimum atomic E-state index is -3.43. The fourth-order valence-electron chi connectivity index (χ4n) is 13.6. The number of halogens is 4. The van der Waals surface area contributed by atoms with Gasteiger partial charge < -0.3 is 29.0 Å². The van der Waals surface area contributed by atoms with Gasteiger partial charge >= 0.3 is 17.9 Å². The summed E-state index contributed by atoms with van der Waals surface area (Å²) >= 11 is 16.9. The molecule has 6 aromatic carbocycles. The summed E-state index contributed by atoms with van der Waals surface area (Å²) in [5, 5.41) is 31.5. The van der Waals surface area contributed by atoms with E-state index in [0.717, 1.165) is 121 Å². The lowest BCUT2D eigenvalue weighted by Gasteiger charge is -2.20. The number of carboxylic acid groups (broad SMARTS) is 3. The summed E-state index contributed by atoms with van der Waals surface area (Å²) in [6.45, 7) is 8.08. The molecule has 0 radical (unpaired) electrons. The number of benzene rings is 6. The zero-order chi connectivity index (χ0) is 67.8. The number of nitrogens with zero attached hydrogens (tertiary/aromatic N) is 3. The van der Waals surface area contributed by atoms with Crippen molar-refractivity contribution >= 4 is 149 Å². The SMILES string of the molecule is CC(C)(C)c1ccc(Cn2c3c(c4cc(S(C)(=O)=O)cc(Br)c42)CCC3CC(=O)O)cc1.CS(=O)(=O)c1cc(Br)c2c(c1)c1c(n2Cc2cccc(Cl)c2)C(CC(=O)O)CC1.CS(=O)(=O)c1ccc(Cn2c3c(c4cc(S(C)(=O)=O)cc(Br)c42)CCC3CC(=O)O)cc1. The first-order valence-electron chi connectivity index (χ1n) is 29.8. The molecular weight excluding hydrogens is 1490 g/mol. The van der Waals surface area contributed by atoms with Gasteiger partial charge in [-0.2, -0.15) is 0 Å². The molecule has 0 saturated heterocycles. The van der Waals surface area contributed by atoms with Gasteiger partial charge in [0.25, 0.3) is 0 Å². The minimum Gasteiger partial charge on any atom is -0.481 e. The van der Waals surface area contributed by atoms with E-state index in [1.807, 2.05) is 28.8 Å². The number of carbonyl (C=O) groups is 3. The van der Waals surface area contributed by atoms with Crippen LogP contribution >= 0.6 is 59.4 Å². The molecule has 12 rings (SSSR count). The molecule has 93 heavy (non-hydrogen) atoms. The minimum absolute atomic E-state index is 0.00705. The Balaban J connectivity index is 0.000000153. The first-order chi connectivity index (χ1) is 43.4. The standard InChI is InChI=1S/C25H28BrNO4S.C22H22BrNO6S2.C21H19BrClNO4S/c1-25(2,3)17-8-5-15(6-9-17)14-27-23-16(11-22(28)29)7-10-19(23)20-12-18(32(4,30)31)13-21(26)24(20)27;1-31(27,28)15-6-3-13(4-7-15)12-24-21-14(9-20(25)26)5-8-17(21)18-10-16(32(2,29)30)11-19(23)22(18)24;1-29(27,28)15-9-17-16-6-5-13(8-19(25)26)20(16)24(21(17)18(22)10-15)11-12-3-2-4-14(23)7-12/h5-6,8-9,12-13,16H,7,10-11,14H2,1-4H3,(H,28,29);3-4,6-7,10-11,14H,5,8-9,12H2,1-2H3,(H,25,26);2-4,7,9-10,13H,5-6,8,11H2,1H3,(H,25,26). The van der Waals surface area contributed by atoms with Crippen LogP contribution in [-0.2, 0) is 98.0 Å². The van der Waals surface area contributed by atoms with Gasteiger partial charge in [-0.15, -0.1) is 0 Å². The van der Waals surface area contributed by atoms with Crippen LogP contribution in [0.1, 0.15) is 133 Å². The Morgan fingerprint density at radius 3 is 1.05 bits per heavy atom. The second-order valence-electron chi connectivity index (χ2n) is 25.6. The number of aliphatic carboxylic acids is 3. The van der Waals surface area contributed by atoms with E-state index < -0.39 is 57.3 Å². The molecule has 0 amide bonds. The number of carboxylic acids is 3. The summed E-state index contributed by atoms with van der Waals surface area (Å²) in [7, 11) is -13.5. The maximum absolute atomic E-state index is 12.2. The van der Waals surface area contributed by atoms with Crippen molar-refractivity contribution in [2.45, 2.75) is 141 Å². The molecule has 25 heteroatoms. The lowest BCUT2D eigenvalue weighted by molar-refractivity contribution is -0.138. The first-order valence-corrected chi connectivity index (χ1v) is 40.1. The molecule has 3 heterocycles. The van der Waals surface area contributed by atoms with Crippen molar-refractivity contribution in [2.75, 3.05) is 25.0 Å². The number of hydrogen-bond acceptors (Lipinski definition) is 11. The molecule has 17 nitrogen and oxygen atoms in total. The maximum Gasteiger partial charge on any atom is 0.304 e. The molecule has 0 bridgehead atoms. The zero-order valence-electron chi connectivity index (χ0n) is 51.9. The number of fused-ring (bicyclic) bond motifs is 9. The monoisotopic (exact) mass is 1550 g/mol. The summed E-state index contributed by atoms with van der Waals surface area (Å²) in [4.78, 5) is 35.4. The van der Waals surface area contributed by atoms with Gasteiger partial charge in [-0.05, 0) is 191 Å². The van der Waals surface area contributed by atoms with Crippen molar-refractivity contribution in [2.24, 2.45) is 0 Å². The Morgan fingerprint density at radius 1 is 0.452 bits per heavy atom. The van der Waals surface area contributed by atoms with E-state index in [1.54, 1.807) is 60.7 Å². The lowest BCUT2D eigenvalue weighted by Crippen LogP contribution is -2.12. The number of aromatic nitrogens is 3. The van der Waals surface area contributed by atoms with Crippen LogP contribution in [0.15, 0.2) is 142 Å². The summed E-state index contributed by atoms with van der Waals surface area (Å²) in [5.41, 5.74) is 12.9. The molecule has 3 atom stereocenters. The van der Waals surface area contributed by atoms with E-state index in [0.29, 0.717) is 50.9 Å². The van der Waals surface area contributed by atoms with Crippen LogP contribution in [0.2, 0.25) is 5.02 Å². The molecule has 0 fully saturated rings. The molecule has 3 aromatic heterocycles. The smallest absolute Gasteiger partial charge is 0.304 e. The average molecular weight is 1560 g/mol. The largest absolute Gasteiger partial charge is 0.481 e. The Bertz CT molecular complexity index is 5020. The second kappa shape index (κ2) is 26.5. The fraction of sp³-hybridized carbons (Fsp3) is 0.338. The first kappa shape index (κ1) is 69.7.